The summed E-state index contributed by atoms with van der Waals surface area (Å²) in [7, 11) is 0. The molecule has 2 amide bonds. The van der Waals surface area contributed by atoms with Crippen molar-refractivity contribution in [1.29, 1.82) is 0 Å². The van der Waals surface area contributed by atoms with Gasteiger partial charge in [0.05, 0.1) is 26.3 Å². The predicted molar refractivity (Wildman–Crippen MR) is 95.8 cm³/mol. The van der Waals surface area contributed by atoms with E-state index in [0.29, 0.717) is 6.54 Å². The summed E-state index contributed by atoms with van der Waals surface area (Å²) >= 11 is 0. The zero-order chi connectivity index (χ0) is 18.1. The third kappa shape index (κ3) is 6.45. The van der Waals surface area contributed by atoms with Crippen LogP contribution in [0, 0.1) is 0 Å². The highest BCUT2D eigenvalue weighted by molar-refractivity contribution is 5.85. The number of nitrogens with two attached hydrogens (primary N) is 1. The lowest BCUT2D eigenvalue weighted by Gasteiger charge is -2.35. The lowest BCUT2D eigenvalue weighted by Crippen LogP contribution is -2.50. The van der Waals surface area contributed by atoms with Crippen LogP contribution in [0.25, 0.3) is 0 Å². The van der Waals surface area contributed by atoms with Gasteiger partial charge < -0.3 is 20.7 Å². The van der Waals surface area contributed by atoms with E-state index >= 15 is 0 Å². The second kappa shape index (κ2) is 10.1. The fourth-order valence-electron chi connectivity index (χ4n) is 2.87. The minimum Gasteiger partial charge on any atom is -0.379 e. The summed E-state index contributed by atoms with van der Waals surface area (Å²) in [6.45, 7) is 6.41. The van der Waals surface area contributed by atoms with Crippen molar-refractivity contribution in [1.82, 2.24) is 15.1 Å². The molecule has 1 fully saturated rings. The van der Waals surface area contributed by atoms with Crippen molar-refractivity contribution >= 4 is 11.8 Å². The second-order valence-electron chi connectivity index (χ2n) is 6.25. The minimum atomic E-state index is -0.325. The molecule has 0 aliphatic carbocycles. The fraction of sp³-hybridized carbons (Fsp3) is 0.556. The fourth-order valence-corrected chi connectivity index (χ4v) is 2.87. The number of rotatable bonds is 8. The molecule has 1 aliphatic heterocycles. The number of hydrogen-bond donors (Lipinski definition) is 2. The Balaban J connectivity index is 2.01. The Hall–Kier alpha value is -1.96. The largest absolute Gasteiger partial charge is 0.379 e. The minimum absolute atomic E-state index is 0.0283. The number of amides is 2. The average molecular weight is 348 g/mol. The first-order chi connectivity index (χ1) is 12.1. The van der Waals surface area contributed by atoms with E-state index in [9.17, 15) is 9.59 Å². The lowest BCUT2D eigenvalue weighted by molar-refractivity contribution is -0.135. The van der Waals surface area contributed by atoms with Crippen molar-refractivity contribution in [2.45, 2.75) is 19.5 Å². The van der Waals surface area contributed by atoms with E-state index in [2.05, 4.69) is 10.2 Å². The van der Waals surface area contributed by atoms with E-state index in [4.69, 9.17) is 10.5 Å². The Bertz CT molecular complexity index is 547. The number of nitrogens with one attached hydrogen (secondary N) is 1. The third-order valence-electron chi connectivity index (χ3n) is 4.30. The van der Waals surface area contributed by atoms with Gasteiger partial charge in [0, 0.05) is 32.2 Å². The van der Waals surface area contributed by atoms with Gasteiger partial charge in [-0.25, -0.2) is 0 Å². The van der Waals surface area contributed by atoms with E-state index in [1.54, 1.807) is 0 Å². The maximum atomic E-state index is 12.7. The molecule has 0 bridgehead atoms. The Labute approximate surface area is 149 Å². The van der Waals surface area contributed by atoms with Gasteiger partial charge in [0.25, 0.3) is 0 Å². The van der Waals surface area contributed by atoms with Gasteiger partial charge in [-0.05, 0) is 12.5 Å². The van der Waals surface area contributed by atoms with Crippen LogP contribution in [0.3, 0.4) is 0 Å². The summed E-state index contributed by atoms with van der Waals surface area (Å²) in [5, 5.41) is 2.57. The van der Waals surface area contributed by atoms with Gasteiger partial charge in [0.2, 0.25) is 11.8 Å². The van der Waals surface area contributed by atoms with E-state index < -0.39 is 0 Å². The molecule has 1 aliphatic rings. The highest BCUT2D eigenvalue weighted by atomic mass is 16.5. The summed E-state index contributed by atoms with van der Waals surface area (Å²) in [6.07, 6.45) is 0. The van der Waals surface area contributed by atoms with Crippen molar-refractivity contribution in [2.75, 3.05) is 45.9 Å². The molecule has 2 rings (SSSR count). The van der Waals surface area contributed by atoms with Crippen LogP contribution in [0.5, 0.6) is 0 Å². The molecule has 1 aromatic rings. The van der Waals surface area contributed by atoms with E-state index in [0.717, 1.165) is 38.4 Å². The zero-order valence-corrected chi connectivity index (χ0v) is 14.8. The van der Waals surface area contributed by atoms with Crippen LogP contribution in [0.4, 0.5) is 0 Å². The van der Waals surface area contributed by atoms with Crippen molar-refractivity contribution in [3.05, 3.63) is 35.9 Å². The Morgan fingerprint density at radius 2 is 1.96 bits per heavy atom. The smallest absolute Gasteiger partial charge is 0.242 e. The molecule has 1 atom stereocenters. The topological polar surface area (TPSA) is 87.9 Å². The first-order valence-corrected chi connectivity index (χ1v) is 8.70. The molecule has 1 aromatic carbocycles. The van der Waals surface area contributed by atoms with Crippen molar-refractivity contribution < 1.29 is 14.3 Å². The van der Waals surface area contributed by atoms with Crippen LogP contribution in [0.15, 0.2) is 30.3 Å². The number of carbonyl (C=O) groups excluding carboxylic acids is 2. The molecular weight excluding hydrogens is 320 g/mol. The molecule has 3 N–H and O–H groups in total. The summed E-state index contributed by atoms with van der Waals surface area (Å²) in [4.78, 5) is 28.2. The molecule has 1 heterocycles. The number of carbonyl (C=O) groups is 2. The van der Waals surface area contributed by atoms with Gasteiger partial charge in [-0.1, -0.05) is 30.3 Å². The van der Waals surface area contributed by atoms with Gasteiger partial charge >= 0.3 is 0 Å². The monoisotopic (exact) mass is 348 g/mol. The SMILES string of the molecule is CC(CN1CCOCC1)N(Cc1ccccc1)C(=O)CNC(=O)CN. The first-order valence-electron chi connectivity index (χ1n) is 8.70. The first kappa shape index (κ1) is 19.4. The molecule has 138 valence electrons. The van der Waals surface area contributed by atoms with Crippen LogP contribution >= 0.6 is 0 Å². The molecule has 0 radical (unpaired) electrons. The number of benzene rings is 1. The van der Waals surface area contributed by atoms with Crippen LogP contribution in [0.1, 0.15) is 12.5 Å². The molecule has 25 heavy (non-hydrogen) atoms. The molecule has 0 spiro atoms. The summed E-state index contributed by atoms with van der Waals surface area (Å²) < 4.78 is 5.38. The molecular formula is C18H28N4O3. The number of morpholine rings is 1. The molecule has 7 nitrogen and oxygen atoms in total. The van der Waals surface area contributed by atoms with E-state index in [-0.39, 0.29) is 30.9 Å². The standard InChI is InChI=1S/C18H28N4O3/c1-15(13-21-7-9-25-10-8-21)22(14-16-5-3-2-4-6-16)18(24)12-20-17(23)11-19/h2-6,15H,7-14,19H2,1H3,(H,20,23). The molecule has 1 unspecified atom stereocenters. The number of ether oxygens (including phenoxy) is 1. The van der Waals surface area contributed by atoms with Crippen LogP contribution < -0.4 is 11.1 Å². The van der Waals surface area contributed by atoms with Gasteiger partial charge in [0.1, 0.15) is 0 Å². The van der Waals surface area contributed by atoms with Crippen molar-refractivity contribution in [2.24, 2.45) is 5.73 Å². The van der Waals surface area contributed by atoms with E-state index in [1.807, 2.05) is 42.2 Å². The summed E-state index contributed by atoms with van der Waals surface area (Å²) in [5.74, 6) is -0.430. The lowest BCUT2D eigenvalue weighted by atomic mass is 10.1. The van der Waals surface area contributed by atoms with Crippen LogP contribution in [-0.2, 0) is 20.9 Å². The number of nitrogens with zero attached hydrogens (tertiary/aromatic N) is 2. The second-order valence-corrected chi connectivity index (χ2v) is 6.25. The van der Waals surface area contributed by atoms with Crippen molar-refractivity contribution in [3.8, 4) is 0 Å². The van der Waals surface area contributed by atoms with Gasteiger partial charge in [-0.15, -0.1) is 0 Å². The maximum Gasteiger partial charge on any atom is 0.242 e. The van der Waals surface area contributed by atoms with Gasteiger partial charge in [-0.2, -0.15) is 0 Å². The summed E-state index contributed by atoms with van der Waals surface area (Å²) in [6, 6.07) is 9.90. The summed E-state index contributed by atoms with van der Waals surface area (Å²) in [5.41, 5.74) is 6.35. The van der Waals surface area contributed by atoms with Crippen LogP contribution in [-0.4, -0.2) is 73.6 Å². The normalized spacial score (nSPS) is 16.2. The average Bonchev–Trinajstić information content (AvgIpc) is 2.65. The highest BCUT2D eigenvalue weighted by Gasteiger charge is 2.23. The number of hydrogen-bond acceptors (Lipinski definition) is 5. The van der Waals surface area contributed by atoms with E-state index in [1.165, 1.54) is 0 Å². The van der Waals surface area contributed by atoms with Crippen LogP contribution in [0.2, 0.25) is 0 Å². The Morgan fingerprint density at radius 3 is 2.60 bits per heavy atom. The maximum absolute atomic E-state index is 12.7. The van der Waals surface area contributed by atoms with Crippen molar-refractivity contribution in [3.63, 3.8) is 0 Å². The van der Waals surface area contributed by atoms with Gasteiger partial charge in [0.15, 0.2) is 0 Å². The quantitative estimate of drug-likeness (QED) is 0.680. The predicted octanol–water partition coefficient (Wildman–Crippen LogP) is -0.189. The Morgan fingerprint density at radius 1 is 1.28 bits per heavy atom. The molecule has 0 saturated carbocycles. The zero-order valence-electron chi connectivity index (χ0n) is 14.8. The third-order valence-corrected chi connectivity index (χ3v) is 4.30. The Kier molecular flexibility index (Phi) is 7.84. The van der Waals surface area contributed by atoms with Gasteiger partial charge in [-0.3, -0.25) is 14.5 Å². The molecule has 7 heteroatoms. The molecule has 1 saturated heterocycles. The highest BCUT2D eigenvalue weighted by Crippen LogP contribution is 2.11. The molecule has 0 aromatic heterocycles.